The Labute approximate surface area is 97.6 Å². The molecule has 1 atom stereocenters. The number of halogens is 2. The minimum Gasteiger partial charge on any atom is -0.382 e. The van der Waals surface area contributed by atoms with Gasteiger partial charge in [-0.05, 0) is 36.8 Å². The summed E-state index contributed by atoms with van der Waals surface area (Å²) in [7, 11) is 0. The lowest BCUT2D eigenvalue weighted by Crippen LogP contribution is -2.04. The smallest absolute Gasteiger partial charge is 0.159 e. The Morgan fingerprint density at radius 1 is 1.12 bits per heavy atom. The molecule has 0 amide bonds. The second-order valence-corrected chi connectivity index (χ2v) is 3.78. The second-order valence-electron chi connectivity index (χ2n) is 3.78. The zero-order valence-electron chi connectivity index (χ0n) is 9.19. The van der Waals surface area contributed by atoms with Gasteiger partial charge in [-0.3, -0.25) is 4.98 Å². The molecule has 1 aromatic carbocycles. The highest BCUT2D eigenvalue weighted by atomic mass is 19.2. The summed E-state index contributed by atoms with van der Waals surface area (Å²) in [6.07, 6.45) is -1.05. The molecule has 1 heterocycles. The van der Waals surface area contributed by atoms with Crippen LogP contribution in [-0.2, 0) is 0 Å². The Bertz CT molecular complexity index is 543. The third-order valence-corrected chi connectivity index (χ3v) is 2.45. The zero-order chi connectivity index (χ0) is 12.4. The molecular formula is C13H11F2NO. The molecule has 17 heavy (non-hydrogen) atoms. The summed E-state index contributed by atoms with van der Waals surface area (Å²) >= 11 is 0. The molecule has 0 fully saturated rings. The highest BCUT2D eigenvalue weighted by Gasteiger charge is 2.14. The van der Waals surface area contributed by atoms with Crippen LogP contribution in [0.4, 0.5) is 8.78 Å². The van der Waals surface area contributed by atoms with Crippen molar-refractivity contribution >= 4 is 0 Å². The number of hydrogen-bond acceptors (Lipinski definition) is 2. The largest absolute Gasteiger partial charge is 0.382 e. The van der Waals surface area contributed by atoms with E-state index in [9.17, 15) is 13.9 Å². The van der Waals surface area contributed by atoms with E-state index in [2.05, 4.69) is 4.98 Å². The average molecular weight is 235 g/mol. The topological polar surface area (TPSA) is 33.1 Å². The molecule has 2 rings (SSSR count). The van der Waals surface area contributed by atoms with Crippen LogP contribution >= 0.6 is 0 Å². The minimum absolute atomic E-state index is 0.280. The van der Waals surface area contributed by atoms with Gasteiger partial charge in [0.1, 0.15) is 6.10 Å². The fourth-order valence-corrected chi connectivity index (χ4v) is 1.57. The predicted molar refractivity (Wildman–Crippen MR) is 59.4 cm³/mol. The first-order chi connectivity index (χ1) is 8.08. The first kappa shape index (κ1) is 11.7. The van der Waals surface area contributed by atoms with Gasteiger partial charge in [-0.25, -0.2) is 8.78 Å². The molecule has 0 radical (unpaired) electrons. The highest BCUT2D eigenvalue weighted by Crippen LogP contribution is 2.21. The molecule has 1 N–H and O–H groups in total. The van der Waals surface area contributed by atoms with Gasteiger partial charge in [0.15, 0.2) is 11.6 Å². The predicted octanol–water partition coefficient (Wildman–Crippen LogP) is 2.75. The monoisotopic (exact) mass is 235 g/mol. The molecule has 2 nitrogen and oxygen atoms in total. The number of pyridine rings is 1. The molecule has 88 valence electrons. The van der Waals surface area contributed by atoms with Crippen molar-refractivity contribution in [3.63, 3.8) is 0 Å². The maximum Gasteiger partial charge on any atom is 0.159 e. The molecule has 2 aromatic rings. The molecule has 1 unspecified atom stereocenters. The molecule has 0 aliphatic rings. The van der Waals surface area contributed by atoms with Crippen LogP contribution in [0, 0.1) is 18.6 Å². The van der Waals surface area contributed by atoms with Crippen molar-refractivity contribution in [2.24, 2.45) is 0 Å². The third kappa shape index (κ3) is 2.47. The highest BCUT2D eigenvalue weighted by molar-refractivity contribution is 5.27. The normalized spacial score (nSPS) is 12.5. The van der Waals surface area contributed by atoms with Gasteiger partial charge >= 0.3 is 0 Å². The van der Waals surface area contributed by atoms with Crippen LogP contribution < -0.4 is 0 Å². The molecule has 0 aliphatic carbocycles. The summed E-state index contributed by atoms with van der Waals surface area (Å²) in [5.74, 6) is -1.91. The molecular weight excluding hydrogens is 224 g/mol. The number of aliphatic hydroxyl groups is 1. The van der Waals surface area contributed by atoms with Crippen molar-refractivity contribution in [1.29, 1.82) is 0 Å². The van der Waals surface area contributed by atoms with Gasteiger partial charge in [0, 0.05) is 5.69 Å². The van der Waals surface area contributed by atoms with Crippen LogP contribution in [0.3, 0.4) is 0 Å². The van der Waals surface area contributed by atoms with E-state index >= 15 is 0 Å². The zero-order valence-corrected chi connectivity index (χ0v) is 9.19. The van der Waals surface area contributed by atoms with Gasteiger partial charge < -0.3 is 5.11 Å². The maximum atomic E-state index is 13.0. The van der Waals surface area contributed by atoms with Gasteiger partial charge in [0.2, 0.25) is 0 Å². The summed E-state index contributed by atoms with van der Waals surface area (Å²) in [5.41, 5.74) is 1.45. The first-order valence-electron chi connectivity index (χ1n) is 5.14. The minimum atomic E-state index is -1.05. The van der Waals surface area contributed by atoms with E-state index in [1.807, 2.05) is 0 Å². The van der Waals surface area contributed by atoms with Crippen molar-refractivity contribution in [2.45, 2.75) is 13.0 Å². The molecule has 0 bridgehead atoms. The van der Waals surface area contributed by atoms with E-state index in [0.717, 1.165) is 17.8 Å². The summed E-state index contributed by atoms with van der Waals surface area (Å²) in [6.45, 7) is 1.79. The van der Waals surface area contributed by atoms with Crippen molar-refractivity contribution in [2.75, 3.05) is 0 Å². The average Bonchev–Trinajstić information content (AvgIpc) is 2.32. The second kappa shape index (κ2) is 4.59. The van der Waals surface area contributed by atoms with Crippen LogP contribution in [0.25, 0.3) is 0 Å². The van der Waals surface area contributed by atoms with E-state index in [1.54, 1.807) is 25.1 Å². The number of rotatable bonds is 2. The number of aryl methyl sites for hydroxylation is 1. The van der Waals surface area contributed by atoms with Gasteiger partial charge in [-0.15, -0.1) is 0 Å². The first-order valence-corrected chi connectivity index (χ1v) is 5.14. The lowest BCUT2D eigenvalue weighted by molar-refractivity contribution is 0.214. The Morgan fingerprint density at radius 2 is 1.88 bits per heavy atom. The molecule has 0 saturated carbocycles. The summed E-state index contributed by atoms with van der Waals surface area (Å²) in [5, 5.41) is 9.98. The van der Waals surface area contributed by atoms with E-state index in [0.29, 0.717) is 5.69 Å². The number of aliphatic hydroxyl groups excluding tert-OH is 1. The van der Waals surface area contributed by atoms with E-state index in [4.69, 9.17) is 0 Å². The summed E-state index contributed by atoms with van der Waals surface area (Å²) < 4.78 is 25.8. The van der Waals surface area contributed by atoms with Gasteiger partial charge in [0.25, 0.3) is 0 Å². The number of nitrogens with zero attached hydrogens (tertiary/aromatic N) is 1. The summed E-state index contributed by atoms with van der Waals surface area (Å²) in [4.78, 5) is 4.14. The van der Waals surface area contributed by atoms with Gasteiger partial charge in [0.05, 0.1) is 5.69 Å². The van der Waals surface area contributed by atoms with Crippen LogP contribution in [0.5, 0.6) is 0 Å². The lowest BCUT2D eigenvalue weighted by atomic mass is 10.1. The lowest BCUT2D eigenvalue weighted by Gasteiger charge is -2.11. The quantitative estimate of drug-likeness (QED) is 0.868. The Balaban J connectivity index is 2.36. The Kier molecular flexibility index (Phi) is 3.15. The number of benzene rings is 1. The third-order valence-electron chi connectivity index (χ3n) is 2.45. The van der Waals surface area contributed by atoms with Crippen LogP contribution in [-0.4, -0.2) is 10.1 Å². The van der Waals surface area contributed by atoms with Crippen LogP contribution in [0.1, 0.15) is 23.1 Å². The molecule has 0 saturated heterocycles. The standard InChI is InChI=1S/C13H11F2NO/c1-8-3-2-4-12(16-8)13(17)9-5-6-10(14)11(15)7-9/h2-7,13,17H,1H3. The van der Waals surface area contributed by atoms with E-state index in [-0.39, 0.29) is 5.56 Å². The number of aromatic nitrogens is 1. The summed E-state index contributed by atoms with van der Waals surface area (Å²) in [6, 6.07) is 8.49. The fraction of sp³-hybridized carbons (Fsp3) is 0.154. The van der Waals surface area contributed by atoms with Gasteiger partial charge in [-0.2, -0.15) is 0 Å². The van der Waals surface area contributed by atoms with E-state index in [1.165, 1.54) is 6.07 Å². The van der Waals surface area contributed by atoms with Crippen molar-refractivity contribution < 1.29 is 13.9 Å². The van der Waals surface area contributed by atoms with Crippen molar-refractivity contribution in [3.8, 4) is 0 Å². The van der Waals surface area contributed by atoms with Crippen LogP contribution in [0.2, 0.25) is 0 Å². The SMILES string of the molecule is Cc1cccc(C(O)c2ccc(F)c(F)c2)n1. The fourth-order valence-electron chi connectivity index (χ4n) is 1.57. The number of hydrogen-bond donors (Lipinski definition) is 1. The van der Waals surface area contributed by atoms with E-state index < -0.39 is 17.7 Å². The molecule has 4 heteroatoms. The molecule has 0 aliphatic heterocycles. The molecule has 0 spiro atoms. The Hall–Kier alpha value is -1.81. The van der Waals surface area contributed by atoms with Crippen LogP contribution in [0.15, 0.2) is 36.4 Å². The maximum absolute atomic E-state index is 13.0. The van der Waals surface area contributed by atoms with Gasteiger partial charge in [-0.1, -0.05) is 12.1 Å². The van der Waals surface area contributed by atoms with Crippen molar-refractivity contribution in [3.05, 3.63) is 65.0 Å². The molecule has 1 aromatic heterocycles. The van der Waals surface area contributed by atoms with Crippen molar-refractivity contribution in [1.82, 2.24) is 4.98 Å². The Morgan fingerprint density at radius 3 is 2.53 bits per heavy atom.